The zero-order valence-electron chi connectivity index (χ0n) is 8.37. The van der Waals surface area contributed by atoms with Crippen molar-refractivity contribution in [1.82, 2.24) is 0 Å². The van der Waals surface area contributed by atoms with Crippen LogP contribution in [0.4, 0.5) is 5.69 Å². The lowest BCUT2D eigenvalue weighted by molar-refractivity contribution is 0.422. The Labute approximate surface area is 83.3 Å². The first-order valence-corrected chi connectivity index (χ1v) is 4.56. The molecule has 0 unspecified atom stereocenters. The fourth-order valence-electron chi connectivity index (χ4n) is 1.73. The van der Waals surface area contributed by atoms with Crippen LogP contribution in [0, 0.1) is 6.92 Å². The van der Waals surface area contributed by atoms with Gasteiger partial charge >= 0.3 is 0 Å². The van der Waals surface area contributed by atoms with Gasteiger partial charge in [-0.3, -0.25) is 0 Å². The summed E-state index contributed by atoms with van der Waals surface area (Å²) >= 11 is 0. The molecular formula is C12H13NO. The summed E-state index contributed by atoms with van der Waals surface area (Å²) in [4.78, 5) is 0. The van der Waals surface area contributed by atoms with Gasteiger partial charge in [-0.15, -0.1) is 0 Å². The van der Waals surface area contributed by atoms with Crippen LogP contribution in [0.3, 0.4) is 0 Å². The van der Waals surface area contributed by atoms with Gasteiger partial charge in [0.2, 0.25) is 0 Å². The summed E-state index contributed by atoms with van der Waals surface area (Å²) < 4.78 is 5.29. The van der Waals surface area contributed by atoms with Gasteiger partial charge in [-0.1, -0.05) is 24.3 Å². The summed E-state index contributed by atoms with van der Waals surface area (Å²) in [6.07, 6.45) is 0. The molecule has 0 amide bonds. The Morgan fingerprint density at radius 2 is 1.86 bits per heavy atom. The van der Waals surface area contributed by atoms with Crippen LogP contribution in [0.25, 0.3) is 10.8 Å². The first kappa shape index (κ1) is 8.88. The number of anilines is 1. The smallest absolute Gasteiger partial charge is 0.149 e. The average Bonchev–Trinajstić information content (AvgIpc) is 2.18. The van der Waals surface area contributed by atoms with Crippen LogP contribution in [-0.4, -0.2) is 7.11 Å². The maximum Gasteiger partial charge on any atom is 0.149 e. The minimum absolute atomic E-state index is 0.686. The predicted octanol–water partition coefficient (Wildman–Crippen LogP) is 2.74. The maximum absolute atomic E-state index is 5.82. The summed E-state index contributed by atoms with van der Waals surface area (Å²) in [6, 6.07) is 10.0. The Balaban J connectivity index is 2.88. The fourth-order valence-corrected chi connectivity index (χ4v) is 1.73. The van der Waals surface area contributed by atoms with Crippen molar-refractivity contribution in [3.63, 3.8) is 0 Å². The zero-order valence-corrected chi connectivity index (χ0v) is 8.37. The Bertz CT molecular complexity index is 477. The lowest BCUT2D eigenvalue weighted by Gasteiger charge is -2.09. The number of aryl methyl sites for hydroxylation is 1. The summed E-state index contributed by atoms with van der Waals surface area (Å²) in [5, 5.41) is 2.27. The van der Waals surface area contributed by atoms with Gasteiger partial charge in [-0.2, -0.15) is 0 Å². The number of ether oxygens (including phenoxy) is 1. The molecule has 72 valence electrons. The fraction of sp³-hybridized carbons (Fsp3) is 0.167. The monoisotopic (exact) mass is 187 g/mol. The second-order valence-electron chi connectivity index (χ2n) is 3.36. The normalized spacial score (nSPS) is 10.4. The van der Waals surface area contributed by atoms with Gasteiger partial charge in [0, 0.05) is 5.39 Å². The van der Waals surface area contributed by atoms with E-state index in [9.17, 15) is 0 Å². The quantitative estimate of drug-likeness (QED) is 0.697. The molecule has 0 saturated heterocycles. The molecule has 0 atom stereocenters. The van der Waals surface area contributed by atoms with Crippen molar-refractivity contribution in [3.8, 4) is 5.75 Å². The largest absolute Gasteiger partial charge is 0.494 e. The minimum atomic E-state index is 0.686. The highest BCUT2D eigenvalue weighted by molar-refractivity contribution is 5.94. The van der Waals surface area contributed by atoms with Crippen LogP contribution < -0.4 is 10.5 Å². The maximum atomic E-state index is 5.82. The van der Waals surface area contributed by atoms with Crippen LogP contribution in [0.5, 0.6) is 5.75 Å². The molecule has 0 heterocycles. The molecule has 0 aromatic heterocycles. The third kappa shape index (κ3) is 1.20. The highest BCUT2D eigenvalue weighted by Gasteiger charge is 2.05. The lowest BCUT2D eigenvalue weighted by Crippen LogP contribution is -1.93. The molecule has 0 fully saturated rings. The summed E-state index contributed by atoms with van der Waals surface area (Å²) in [7, 11) is 1.65. The molecule has 14 heavy (non-hydrogen) atoms. The van der Waals surface area contributed by atoms with Crippen molar-refractivity contribution >= 4 is 16.5 Å². The molecule has 0 aliphatic carbocycles. The van der Waals surface area contributed by atoms with E-state index in [4.69, 9.17) is 10.5 Å². The number of rotatable bonds is 1. The highest BCUT2D eigenvalue weighted by atomic mass is 16.5. The highest BCUT2D eigenvalue weighted by Crippen LogP contribution is 2.32. The van der Waals surface area contributed by atoms with Crippen molar-refractivity contribution < 1.29 is 4.74 Å². The van der Waals surface area contributed by atoms with Crippen molar-refractivity contribution in [2.45, 2.75) is 6.92 Å². The van der Waals surface area contributed by atoms with E-state index < -0.39 is 0 Å². The van der Waals surface area contributed by atoms with Gasteiger partial charge in [0.05, 0.1) is 12.8 Å². The van der Waals surface area contributed by atoms with E-state index in [-0.39, 0.29) is 0 Å². The first-order chi connectivity index (χ1) is 6.74. The standard InChI is InChI=1S/C12H13NO/c1-8-4-3-5-10-9(8)6-7-11(13)12(10)14-2/h3-7H,13H2,1-2H3. The van der Waals surface area contributed by atoms with Gasteiger partial charge in [0.25, 0.3) is 0 Å². The van der Waals surface area contributed by atoms with E-state index >= 15 is 0 Å². The van der Waals surface area contributed by atoms with Crippen molar-refractivity contribution in [3.05, 3.63) is 35.9 Å². The Kier molecular flexibility index (Phi) is 2.04. The molecule has 0 saturated carbocycles. The van der Waals surface area contributed by atoms with Crippen LogP contribution in [0.1, 0.15) is 5.56 Å². The molecule has 2 rings (SSSR count). The third-order valence-corrected chi connectivity index (χ3v) is 2.46. The molecule has 0 aliphatic heterocycles. The Morgan fingerprint density at radius 3 is 2.57 bits per heavy atom. The summed E-state index contributed by atoms with van der Waals surface area (Å²) in [5.74, 6) is 0.770. The number of hydrogen-bond donors (Lipinski definition) is 1. The van der Waals surface area contributed by atoms with Crippen LogP contribution >= 0.6 is 0 Å². The Hall–Kier alpha value is -1.70. The van der Waals surface area contributed by atoms with Crippen molar-refractivity contribution in [1.29, 1.82) is 0 Å². The molecule has 0 bridgehead atoms. The molecule has 2 N–H and O–H groups in total. The summed E-state index contributed by atoms with van der Waals surface area (Å²) in [6.45, 7) is 2.08. The number of benzene rings is 2. The summed E-state index contributed by atoms with van der Waals surface area (Å²) in [5.41, 5.74) is 7.74. The molecule has 2 aromatic rings. The Morgan fingerprint density at radius 1 is 1.07 bits per heavy atom. The van der Waals surface area contributed by atoms with Crippen LogP contribution in [-0.2, 0) is 0 Å². The van der Waals surface area contributed by atoms with E-state index in [0.29, 0.717) is 5.69 Å². The van der Waals surface area contributed by atoms with Crippen LogP contribution in [0.15, 0.2) is 30.3 Å². The molecule has 0 radical (unpaired) electrons. The second-order valence-corrected chi connectivity index (χ2v) is 3.36. The van der Waals surface area contributed by atoms with Gasteiger partial charge in [0.1, 0.15) is 5.75 Å². The lowest BCUT2D eigenvalue weighted by atomic mass is 10.0. The third-order valence-electron chi connectivity index (χ3n) is 2.46. The molecule has 2 heteroatoms. The topological polar surface area (TPSA) is 35.2 Å². The average molecular weight is 187 g/mol. The van der Waals surface area contributed by atoms with Crippen LogP contribution in [0.2, 0.25) is 0 Å². The number of fused-ring (bicyclic) bond motifs is 1. The zero-order chi connectivity index (χ0) is 10.1. The molecule has 2 aromatic carbocycles. The van der Waals surface area contributed by atoms with E-state index in [1.807, 2.05) is 24.3 Å². The van der Waals surface area contributed by atoms with Gasteiger partial charge in [0.15, 0.2) is 0 Å². The molecule has 0 aliphatic rings. The number of methoxy groups -OCH3 is 1. The SMILES string of the molecule is COc1c(N)ccc2c(C)cccc12. The van der Waals surface area contributed by atoms with E-state index in [1.165, 1.54) is 10.9 Å². The van der Waals surface area contributed by atoms with Crippen molar-refractivity contribution in [2.24, 2.45) is 0 Å². The van der Waals surface area contributed by atoms with E-state index in [2.05, 4.69) is 13.0 Å². The van der Waals surface area contributed by atoms with Crippen molar-refractivity contribution in [2.75, 3.05) is 12.8 Å². The van der Waals surface area contributed by atoms with E-state index in [1.54, 1.807) is 7.11 Å². The van der Waals surface area contributed by atoms with E-state index in [0.717, 1.165) is 11.1 Å². The molecule has 2 nitrogen and oxygen atoms in total. The second kappa shape index (κ2) is 3.22. The number of hydrogen-bond acceptors (Lipinski definition) is 2. The minimum Gasteiger partial charge on any atom is -0.494 e. The molecular weight excluding hydrogens is 174 g/mol. The van der Waals surface area contributed by atoms with Gasteiger partial charge < -0.3 is 10.5 Å². The molecule has 0 spiro atoms. The number of nitrogens with two attached hydrogens (primary N) is 1. The van der Waals surface area contributed by atoms with Gasteiger partial charge in [-0.05, 0) is 23.9 Å². The predicted molar refractivity (Wildman–Crippen MR) is 59.6 cm³/mol. The van der Waals surface area contributed by atoms with Gasteiger partial charge in [-0.25, -0.2) is 0 Å². The first-order valence-electron chi connectivity index (χ1n) is 4.56. The number of nitrogen functional groups attached to an aromatic ring is 1.